The molecule has 0 atom stereocenters. The molecule has 2 aliphatic rings. The van der Waals surface area contributed by atoms with Crippen LogP contribution in [-0.4, -0.2) is 162 Å². The summed E-state index contributed by atoms with van der Waals surface area (Å²) in [7, 11) is 6.85. The predicted octanol–water partition coefficient (Wildman–Crippen LogP) is 15.3. The van der Waals surface area contributed by atoms with E-state index in [0.29, 0.717) is 86.6 Å². The molecule has 15 rings (SSSR count). The molecule has 13 aromatic rings. The fourth-order valence-corrected chi connectivity index (χ4v) is 13.7. The molecule has 24 nitrogen and oxygen atoms in total. The number of nitrogens with zero attached hydrogens (tertiary/aromatic N) is 13. The molecule has 6 aromatic heterocycles. The van der Waals surface area contributed by atoms with Crippen LogP contribution in [0.1, 0.15) is 109 Å². The highest BCUT2D eigenvalue weighted by atomic mass is 35.5. The van der Waals surface area contributed by atoms with Crippen molar-refractivity contribution in [1.29, 1.82) is 0 Å². The number of nitrogens with one attached hydrogen (secondary N) is 3. The SMILES string of the molecule is COc1nc2cnc(N)c(C#Cc3cc(C(=O)Nc4ccc(CN5CCN(C)CC5)c(C(F)(F)F)c4)ccc3C)c2nc1OC.Cc1ccc(C(=O)Nc2ccc(-n3ccnc3)c(C(F)(F)F)c2)cc1C#Cc1c(N)ncc2ccc(Cl)cc12.Cc1ccc(C(=O)Nc2ccc(CN3CCN(C)CC3)c(C(F)(F)F)c2)cc1C#Cc1c(N)ncc2nccnc12. The van der Waals surface area contributed by atoms with Crippen molar-refractivity contribution in [2.24, 2.45) is 0 Å². The zero-order valence-electron chi connectivity index (χ0n) is 68.2. The van der Waals surface area contributed by atoms with Crippen molar-refractivity contribution in [3.05, 3.63) is 277 Å². The van der Waals surface area contributed by atoms with Crippen LogP contribution in [0, 0.1) is 56.3 Å². The smallest absolute Gasteiger partial charge is 0.418 e. The standard InChI is InChI=1S/C32H32F3N7O3.C30H28F3N7O.C29H19ClF3N5O/c1-19-5-6-21(15-20(19)8-10-24-27-26(17-37-28(24)36)39-30(44-3)31(40-27)45-4)29(43)38-23-9-7-22(25(16-23)32(33,34)35)18-42-13-11-41(2)12-14-42;1-19-3-4-21(15-20(19)6-8-24-27-26(17-37-28(24)34)35-9-10-36-27)29(41)38-23-7-5-22(25(16-23)30(31,32)33)18-40-13-11-39(2)12-14-40;1-17-2-3-19(12-18(17)5-8-23-24-13-21(30)6-4-20(24)15-36-27(23)34)28(39)37-22-7-9-26(38-11-10-35-16-38)25(14-22)29(31,32)33/h5-7,9,15-17H,11-14,18H2,1-4H3,(H2,36,37)(H,38,43);3-5,7,9-10,15-17H,11-14,18H2,1-2H3,(H2,34,37)(H,38,41);2-4,6-7,9-16H,1H3,(H2,34,36)(H,37,39). The highest BCUT2D eigenvalue weighted by Crippen LogP contribution is 2.40. The van der Waals surface area contributed by atoms with E-state index in [1.165, 1.54) is 92.5 Å². The largest absolute Gasteiger partial charge is 0.477 e. The van der Waals surface area contributed by atoms with Gasteiger partial charge in [-0.15, -0.1) is 0 Å². The van der Waals surface area contributed by atoms with E-state index in [0.717, 1.165) is 71.8 Å². The Morgan fingerprint density at radius 3 is 1.34 bits per heavy atom. The van der Waals surface area contributed by atoms with Crippen molar-refractivity contribution in [3.8, 4) is 53.0 Å². The van der Waals surface area contributed by atoms with Crippen LogP contribution in [0.5, 0.6) is 11.8 Å². The third-order valence-electron chi connectivity index (χ3n) is 20.6. The van der Waals surface area contributed by atoms with Crippen LogP contribution in [-0.2, 0) is 31.6 Å². The van der Waals surface area contributed by atoms with E-state index in [-0.39, 0.29) is 92.9 Å². The van der Waals surface area contributed by atoms with Crippen molar-refractivity contribution in [2.45, 2.75) is 52.4 Å². The monoisotopic (exact) mass is 1720 g/mol. The van der Waals surface area contributed by atoms with E-state index in [2.05, 4.69) is 101 Å². The molecular weight excluding hydrogens is 1650 g/mol. The number of carbonyl (C=O) groups is 3. The number of likely N-dealkylation sites (N-methyl/N-ethyl adjacent to an activating group) is 2. The lowest BCUT2D eigenvalue weighted by Crippen LogP contribution is -2.44. The number of benzene rings is 7. The molecular formula is C91H79ClF9N19O5. The summed E-state index contributed by atoms with van der Waals surface area (Å²) in [5, 5.41) is 9.84. The molecule has 8 heterocycles. The van der Waals surface area contributed by atoms with E-state index >= 15 is 0 Å². The molecule has 2 fully saturated rings. The minimum absolute atomic E-state index is 0.00381. The molecule has 34 heteroatoms. The first-order valence-electron chi connectivity index (χ1n) is 38.6. The predicted molar refractivity (Wildman–Crippen MR) is 460 cm³/mol. The summed E-state index contributed by atoms with van der Waals surface area (Å²) in [6.07, 6.45) is -2.04. The summed E-state index contributed by atoms with van der Waals surface area (Å²) in [6, 6.07) is 31.4. The quantitative estimate of drug-likeness (QED) is 0.0461. The van der Waals surface area contributed by atoms with Crippen LogP contribution in [0.3, 0.4) is 0 Å². The van der Waals surface area contributed by atoms with E-state index in [1.807, 2.05) is 50.7 Å². The first-order chi connectivity index (χ1) is 59.6. The van der Waals surface area contributed by atoms with Crippen molar-refractivity contribution < 1.29 is 63.4 Å². The van der Waals surface area contributed by atoms with Crippen LogP contribution in [0.15, 0.2) is 177 Å². The lowest BCUT2D eigenvalue weighted by Gasteiger charge is -2.33. The Hall–Kier alpha value is -14.3. The average molecular weight is 1730 g/mol. The van der Waals surface area contributed by atoms with Gasteiger partial charge < -0.3 is 57.0 Å². The first-order valence-corrected chi connectivity index (χ1v) is 39.0. The number of nitrogen functional groups attached to an aromatic ring is 3. The van der Waals surface area contributed by atoms with Gasteiger partial charge in [0, 0.05) is 163 Å². The number of hydrogen-bond acceptors (Lipinski definition) is 20. The number of hydrogen-bond donors (Lipinski definition) is 6. The van der Waals surface area contributed by atoms with Gasteiger partial charge in [0.15, 0.2) is 0 Å². The molecule has 638 valence electrons. The number of carbonyl (C=O) groups excluding carboxylic acids is 3. The highest BCUT2D eigenvalue weighted by Gasteiger charge is 2.38. The lowest BCUT2D eigenvalue weighted by atomic mass is 10.0. The topological polar surface area (TPSA) is 305 Å². The molecule has 0 radical (unpaired) electrons. The number of fused-ring (bicyclic) bond motifs is 3. The zero-order valence-corrected chi connectivity index (χ0v) is 68.9. The third kappa shape index (κ3) is 21.6. The molecule has 0 spiro atoms. The van der Waals surface area contributed by atoms with Gasteiger partial charge in [0.2, 0.25) is 0 Å². The molecule has 0 bridgehead atoms. The number of aryl methyl sites for hydroxylation is 3. The Balaban J connectivity index is 0.000000161. The van der Waals surface area contributed by atoms with Gasteiger partial charge in [0.1, 0.15) is 39.5 Å². The van der Waals surface area contributed by atoms with Crippen molar-refractivity contribution >= 4 is 96.7 Å². The van der Waals surface area contributed by atoms with Crippen molar-refractivity contribution in [3.63, 3.8) is 0 Å². The van der Waals surface area contributed by atoms with Gasteiger partial charge >= 0.3 is 18.5 Å². The number of aromatic nitrogens is 9. The molecule has 0 unspecified atom stereocenters. The van der Waals surface area contributed by atoms with Gasteiger partial charge in [-0.3, -0.25) is 34.2 Å². The van der Waals surface area contributed by atoms with Gasteiger partial charge in [-0.05, 0) is 154 Å². The number of methoxy groups -OCH3 is 2. The summed E-state index contributed by atoms with van der Waals surface area (Å²) in [5.74, 6) is 17.3. The lowest BCUT2D eigenvalue weighted by molar-refractivity contribution is -0.139. The number of amides is 3. The second kappa shape index (κ2) is 38.0. The Labute approximate surface area is 716 Å². The Bertz CT molecular complexity index is 6490. The summed E-state index contributed by atoms with van der Waals surface area (Å²) >= 11 is 6.16. The molecule has 0 saturated carbocycles. The summed E-state index contributed by atoms with van der Waals surface area (Å²) in [6.45, 7) is 11.8. The number of alkyl halides is 9. The molecule has 3 amide bonds. The van der Waals surface area contributed by atoms with E-state index < -0.39 is 52.9 Å². The minimum atomic E-state index is -4.64. The summed E-state index contributed by atoms with van der Waals surface area (Å²) in [5.41, 5.74) is 23.9. The number of halogens is 10. The second-order valence-corrected chi connectivity index (χ2v) is 29.8. The normalized spacial score (nSPS) is 13.3. The Morgan fingerprint density at radius 1 is 0.456 bits per heavy atom. The molecule has 2 saturated heterocycles. The molecule has 0 aliphatic carbocycles. The van der Waals surface area contributed by atoms with Crippen LogP contribution >= 0.6 is 11.6 Å². The number of imidazole rings is 1. The van der Waals surface area contributed by atoms with Crippen LogP contribution in [0.25, 0.3) is 38.5 Å². The first kappa shape index (κ1) is 88.5. The molecule has 125 heavy (non-hydrogen) atoms. The van der Waals surface area contributed by atoms with Gasteiger partial charge in [0.05, 0.1) is 72.0 Å². The number of anilines is 6. The molecule has 2 aliphatic heterocycles. The highest BCUT2D eigenvalue weighted by molar-refractivity contribution is 6.31. The van der Waals surface area contributed by atoms with E-state index in [1.54, 1.807) is 79.1 Å². The number of rotatable bonds is 13. The maximum Gasteiger partial charge on any atom is 0.418 e. The average Bonchev–Trinajstić information content (AvgIpc) is 1.70. The maximum absolute atomic E-state index is 14.0. The van der Waals surface area contributed by atoms with Gasteiger partial charge in [-0.2, -0.15) is 39.5 Å². The fraction of sp³-hybridized carbons (Fsp3) is 0.220. The van der Waals surface area contributed by atoms with Crippen LogP contribution < -0.4 is 42.6 Å². The molecule has 7 aromatic carbocycles. The second-order valence-electron chi connectivity index (χ2n) is 29.4. The Kier molecular flexibility index (Phi) is 26.9. The number of ether oxygens (including phenoxy) is 2. The van der Waals surface area contributed by atoms with E-state index in [4.69, 9.17) is 38.3 Å². The van der Waals surface area contributed by atoms with Crippen molar-refractivity contribution in [2.75, 3.05) is 114 Å². The number of piperazine rings is 2. The fourth-order valence-electron chi connectivity index (χ4n) is 13.6. The van der Waals surface area contributed by atoms with Gasteiger partial charge in [-0.1, -0.05) is 83.5 Å². The minimum Gasteiger partial charge on any atom is -0.477 e. The number of pyridine rings is 3. The Morgan fingerprint density at radius 2 is 0.880 bits per heavy atom. The van der Waals surface area contributed by atoms with Crippen LogP contribution in [0.4, 0.5) is 74.0 Å². The summed E-state index contributed by atoms with van der Waals surface area (Å²) < 4.78 is 137. The molecule has 9 N–H and O–H groups in total. The van der Waals surface area contributed by atoms with E-state index in [9.17, 15) is 53.9 Å². The maximum atomic E-state index is 14.0. The third-order valence-corrected chi connectivity index (χ3v) is 20.9. The van der Waals surface area contributed by atoms with Crippen molar-refractivity contribution in [1.82, 2.24) is 64.0 Å². The van der Waals surface area contributed by atoms with Crippen LogP contribution in [0.2, 0.25) is 5.02 Å². The number of nitrogens with two attached hydrogens (primary N) is 3. The van der Waals surface area contributed by atoms with Gasteiger partial charge in [0.25, 0.3) is 29.5 Å². The zero-order chi connectivity index (χ0) is 89.2. The van der Waals surface area contributed by atoms with Gasteiger partial charge in [-0.25, -0.2) is 29.9 Å². The summed E-state index contributed by atoms with van der Waals surface area (Å²) in [4.78, 5) is 81.1.